The number of rotatable bonds is 3. The van der Waals surface area contributed by atoms with Crippen LogP contribution in [0.15, 0.2) is 24.3 Å². The first-order valence-corrected chi connectivity index (χ1v) is 7.37. The molecule has 2 aliphatic heterocycles. The maximum absolute atomic E-state index is 12.5. The Kier molecular flexibility index (Phi) is 5.26. The number of carbonyl (C=O) groups excluding carboxylic acids is 2. The van der Waals surface area contributed by atoms with Crippen LogP contribution in [0.1, 0.15) is 23.2 Å². The molecule has 120 valence electrons. The molecule has 3 amide bonds. The first kappa shape index (κ1) is 16.6. The highest BCUT2D eigenvalue weighted by Gasteiger charge is 2.28. The van der Waals surface area contributed by atoms with Crippen LogP contribution in [0.2, 0.25) is 0 Å². The summed E-state index contributed by atoms with van der Waals surface area (Å²) in [6.07, 6.45) is 1.99. The number of benzene rings is 1. The molecule has 0 spiro atoms. The fraction of sp³-hybridized carbons (Fsp3) is 0.467. The Morgan fingerprint density at radius 3 is 2.59 bits per heavy atom. The summed E-state index contributed by atoms with van der Waals surface area (Å²) < 4.78 is 0. The molecule has 1 aromatic rings. The number of nitrogens with one attached hydrogen (secondary N) is 1. The van der Waals surface area contributed by atoms with Gasteiger partial charge in [-0.2, -0.15) is 0 Å². The lowest BCUT2D eigenvalue weighted by Gasteiger charge is -2.23. The molecular weight excluding hydrogens is 304 g/mol. The van der Waals surface area contributed by atoms with Gasteiger partial charge in [0.1, 0.15) is 0 Å². The maximum atomic E-state index is 12.5. The van der Waals surface area contributed by atoms with Crippen molar-refractivity contribution in [2.24, 2.45) is 5.73 Å². The number of urea groups is 1. The van der Waals surface area contributed by atoms with E-state index in [9.17, 15) is 9.59 Å². The number of halogens is 1. The molecule has 2 fully saturated rings. The second-order valence-corrected chi connectivity index (χ2v) is 5.46. The largest absolute Gasteiger partial charge is 0.336 e. The molecule has 0 bridgehead atoms. The van der Waals surface area contributed by atoms with E-state index < -0.39 is 0 Å². The summed E-state index contributed by atoms with van der Waals surface area (Å²) in [7, 11) is 0. The Morgan fingerprint density at radius 1 is 1.27 bits per heavy atom. The van der Waals surface area contributed by atoms with Crippen molar-refractivity contribution < 1.29 is 9.59 Å². The molecule has 0 aliphatic carbocycles. The second kappa shape index (κ2) is 6.98. The average molecular weight is 325 g/mol. The number of hydrogen-bond donors (Lipinski definition) is 2. The van der Waals surface area contributed by atoms with Gasteiger partial charge >= 0.3 is 6.03 Å². The van der Waals surface area contributed by atoms with Crippen molar-refractivity contribution in [1.29, 1.82) is 0 Å². The highest BCUT2D eigenvalue weighted by atomic mass is 35.5. The Hall–Kier alpha value is -1.79. The molecule has 2 heterocycles. The van der Waals surface area contributed by atoms with E-state index in [0.29, 0.717) is 25.2 Å². The quantitative estimate of drug-likeness (QED) is 0.877. The number of anilines is 1. The minimum atomic E-state index is -0.0863. The first-order valence-electron chi connectivity index (χ1n) is 7.37. The van der Waals surface area contributed by atoms with Crippen molar-refractivity contribution in [3.8, 4) is 0 Å². The lowest BCUT2D eigenvalue weighted by molar-refractivity contribution is 0.0741. The summed E-state index contributed by atoms with van der Waals surface area (Å²) in [5.41, 5.74) is 7.19. The van der Waals surface area contributed by atoms with Crippen LogP contribution in [0.4, 0.5) is 10.5 Å². The number of nitrogens with zero attached hydrogens (tertiary/aromatic N) is 2. The standard InChI is InChI=1S/C15H20N4O2.ClH/c16-10-13-2-1-8-18(13)14(20)11-3-5-12(6-4-11)19-9-7-17-15(19)21;/h3-6,13H,1-2,7-10,16H2,(H,17,21);1H. The van der Waals surface area contributed by atoms with Crippen LogP contribution in [0.25, 0.3) is 0 Å². The van der Waals surface area contributed by atoms with Gasteiger partial charge in [0, 0.05) is 43.5 Å². The summed E-state index contributed by atoms with van der Waals surface area (Å²) in [5, 5.41) is 2.76. The van der Waals surface area contributed by atoms with E-state index in [1.807, 2.05) is 17.0 Å². The molecule has 1 aromatic carbocycles. The molecule has 1 atom stereocenters. The first-order chi connectivity index (χ1) is 10.2. The summed E-state index contributed by atoms with van der Waals surface area (Å²) in [5.74, 6) is 0.0281. The topological polar surface area (TPSA) is 78.7 Å². The van der Waals surface area contributed by atoms with Crippen LogP contribution < -0.4 is 16.0 Å². The van der Waals surface area contributed by atoms with Gasteiger partial charge in [-0.15, -0.1) is 12.4 Å². The van der Waals surface area contributed by atoms with Crippen LogP contribution in [-0.4, -0.2) is 49.1 Å². The molecule has 1 unspecified atom stereocenters. The Labute approximate surface area is 136 Å². The lowest BCUT2D eigenvalue weighted by atomic mass is 10.1. The van der Waals surface area contributed by atoms with Crippen molar-refractivity contribution >= 4 is 30.0 Å². The number of carbonyl (C=O) groups is 2. The third-order valence-electron chi connectivity index (χ3n) is 4.19. The Balaban J connectivity index is 0.00000176. The van der Waals surface area contributed by atoms with Crippen LogP contribution in [-0.2, 0) is 0 Å². The molecule has 2 aliphatic rings. The van der Waals surface area contributed by atoms with Crippen molar-refractivity contribution in [3.05, 3.63) is 29.8 Å². The van der Waals surface area contributed by atoms with Crippen LogP contribution in [0.3, 0.4) is 0 Å². The smallest absolute Gasteiger partial charge is 0.321 e. The monoisotopic (exact) mass is 324 g/mol. The van der Waals surface area contributed by atoms with Crippen LogP contribution >= 0.6 is 12.4 Å². The number of likely N-dealkylation sites (tertiary alicyclic amines) is 1. The minimum absolute atomic E-state index is 0. The summed E-state index contributed by atoms with van der Waals surface area (Å²) >= 11 is 0. The van der Waals surface area contributed by atoms with Crippen molar-refractivity contribution in [2.45, 2.75) is 18.9 Å². The van der Waals surface area contributed by atoms with Gasteiger partial charge in [-0.25, -0.2) is 4.79 Å². The lowest BCUT2D eigenvalue weighted by Crippen LogP contribution is -2.39. The summed E-state index contributed by atoms with van der Waals surface area (Å²) in [4.78, 5) is 27.6. The molecule has 0 aromatic heterocycles. The van der Waals surface area contributed by atoms with Gasteiger partial charge in [-0.1, -0.05) is 0 Å². The van der Waals surface area contributed by atoms with Gasteiger partial charge in [0.05, 0.1) is 0 Å². The van der Waals surface area contributed by atoms with Gasteiger partial charge in [-0.05, 0) is 37.1 Å². The van der Waals surface area contributed by atoms with Crippen molar-refractivity contribution in [2.75, 3.05) is 31.1 Å². The van der Waals surface area contributed by atoms with E-state index in [4.69, 9.17) is 5.73 Å². The van der Waals surface area contributed by atoms with E-state index in [2.05, 4.69) is 5.32 Å². The predicted octanol–water partition coefficient (Wildman–Crippen LogP) is 1.20. The average Bonchev–Trinajstić information content (AvgIpc) is 3.15. The van der Waals surface area contributed by atoms with Crippen molar-refractivity contribution in [1.82, 2.24) is 10.2 Å². The SMILES string of the molecule is Cl.NCC1CCCN1C(=O)c1ccc(N2CCNC2=O)cc1. The number of hydrogen-bond acceptors (Lipinski definition) is 3. The third-order valence-corrected chi connectivity index (χ3v) is 4.19. The summed E-state index contributed by atoms with van der Waals surface area (Å²) in [6, 6.07) is 7.29. The van der Waals surface area contributed by atoms with Crippen molar-refractivity contribution in [3.63, 3.8) is 0 Å². The fourth-order valence-corrected chi connectivity index (χ4v) is 3.02. The van der Waals surface area contributed by atoms with Gasteiger partial charge in [0.2, 0.25) is 0 Å². The van der Waals surface area contributed by atoms with E-state index in [-0.39, 0.29) is 30.4 Å². The summed E-state index contributed by atoms with van der Waals surface area (Å²) in [6.45, 7) is 2.60. The molecule has 7 heteroatoms. The normalized spacial score (nSPS) is 20.8. The number of nitrogens with two attached hydrogens (primary N) is 1. The zero-order chi connectivity index (χ0) is 14.8. The van der Waals surface area contributed by atoms with E-state index >= 15 is 0 Å². The van der Waals surface area contributed by atoms with Crippen LogP contribution in [0.5, 0.6) is 0 Å². The highest BCUT2D eigenvalue weighted by molar-refractivity contribution is 5.97. The predicted molar refractivity (Wildman–Crippen MR) is 87.5 cm³/mol. The second-order valence-electron chi connectivity index (χ2n) is 5.46. The van der Waals surface area contributed by atoms with Crippen LogP contribution in [0, 0.1) is 0 Å². The molecule has 0 radical (unpaired) electrons. The Morgan fingerprint density at radius 2 is 2.00 bits per heavy atom. The third kappa shape index (κ3) is 3.03. The van der Waals surface area contributed by atoms with Gasteiger partial charge < -0.3 is 16.0 Å². The molecule has 6 nitrogen and oxygen atoms in total. The Bertz CT molecular complexity index is 549. The minimum Gasteiger partial charge on any atom is -0.336 e. The maximum Gasteiger partial charge on any atom is 0.321 e. The van der Waals surface area contributed by atoms with E-state index in [0.717, 1.165) is 25.1 Å². The van der Waals surface area contributed by atoms with E-state index in [1.165, 1.54) is 0 Å². The van der Waals surface area contributed by atoms with E-state index in [1.54, 1.807) is 17.0 Å². The van der Waals surface area contributed by atoms with Gasteiger partial charge in [0.15, 0.2) is 0 Å². The number of amides is 3. The zero-order valence-electron chi connectivity index (χ0n) is 12.3. The highest BCUT2D eigenvalue weighted by Crippen LogP contribution is 2.22. The zero-order valence-corrected chi connectivity index (χ0v) is 13.1. The molecular formula is C15H21ClN4O2. The molecule has 22 heavy (non-hydrogen) atoms. The molecule has 3 N–H and O–H groups in total. The van der Waals surface area contributed by atoms with Gasteiger partial charge in [0.25, 0.3) is 5.91 Å². The molecule has 3 rings (SSSR count). The van der Waals surface area contributed by atoms with Gasteiger partial charge in [-0.3, -0.25) is 9.69 Å². The molecule has 0 saturated carbocycles. The molecule has 2 saturated heterocycles. The fourth-order valence-electron chi connectivity index (χ4n) is 3.02.